The van der Waals surface area contributed by atoms with E-state index in [-0.39, 0.29) is 5.41 Å². The standard InChI is InChI=1S/C16H16O.C2H6/c1-3-16(2)14-7-5-4-6-12(14)13-10-11(17)8-9-15(13)16;1-2/h4-10,17H,3H2,1-2H3;1-2H3. The molecule has 0 fully saturated rings. The number of phenolic OH excluding ortho intramolecular Hbond substituents is 1. The molecule has 0 saturated carbocycles. The second-order valence-electron chi connectivity index (χ2n) is 4.96. The molecule has 0 saturated heterocycles. The van der Waals surface area contributed by atoms with Gasteiger partial charge in [-0.2, -0.15) is 0 Å². The van der Waals surface area contributed by atoms with Gasteiger partial charge in [-0.1, -0.05) is 58.0 Å². The van der Waals surface area contributed by atoms with Crippen molar-refractivity contribution >= 4 is 0 Å². The highest BCUT2D eigenvalue weighted by Crippen LogP contribution is 2.51. The summed E-state index contributed by atoms with van der Waals surface area (Å²) in [7, 11) is 0. The van der Waals surface area contributed by atoms with E-state index in [1.807, 2.05) is 19.9 Å². The largest absolute Gasteiger partial charge is 0.508 e. The highest BCUT2D eigenvalue weighted by molar-refractivity contribution is 5.81. The molecular weight excluding hydrogens is 232 g/mol. The Morgan fingerprint density at radius 3 is 2.26 bits per heavy atom. The molecular formula is C18H22O. The first kappa shape index (κ1) is 13.7. The van der Waals surface area contributed by atoms with Crippen LogP contribution in [0.15, 0.2) is 42.5 Å². The monoisotopic (exact) mass is 254 g/mol. The average Bonchev–Trinajstić information content (AvgIpc) is 2.72. The molecule has 0 radical (unpaired) electrons. The predicted molar refractivity (Wildman–Crippen MR) is 81.6 cm³/mol. The molecule has 0 amide bonds. The van der Waals surface area contributed by atoms with E-state index in [4.69, 9.17) is 0 Å². The second-order valence-corrected chi connectivity index (χ2v) is 4.96. The topological polar surface area (TPSA) is 20.2 Å². The Labute approximate surface area is 115 Å². The van der Waals surface area contributed by atoms with Gasteiger partial charge in [-0.25, -0.2) is 0 Å². The summed E-state index contributed by atoms with van der Waals surface area (Å²) in [6.07, 6.45) is 1.07. The molecule has 1 unspecified atom stereocenters. The molecule has 1 aliphatic carbocycles. The van der Waals surface area contributed by atoms with Crippen LogP contribution in [0.25, 0.3) is 11.1 Å². The van der Waals surface area contributed by atoms with Gasteiger partial charge in [-0.05, 0) is 40.8 Å². The maximum absolute atomic E-state index is 9.66. The van der Waals surface area contributed by atoms with Crippen molar-refractivity contribution < 1.29 is 5.11 Å². The van der Waals surface area contributed by atoms with Crippen LogP contribution in [-0.2, 0) is 5.41 Å². The SMILES string of the molecule is CC.CCC1(C)c2ccccc2-c2cc(O)ccc21. The maximum atomic E-state index is 9.66. The zero-order chi connectivity index (χ0) is 14.0. The van der Waals surface area contributed by atoms with Gasteiger partial charge in [0.05, 0.1) is 0 Å². The Bertz CT molecular complexity index is 586. The van der Waals surface area contributed by atoms with Crippen LogP contribution >= 0.6 is 0 Å². The number of benzene rings is 2. The van der Waals surface area contributed by atoms with Crippen LogP contribution < -0.4 is 0 Å². The normalized spacial score (nSPS) is 19.2. The maximum Gasteiger partial charge on any atom is 0.116 e. The third kappa shape index (κ3) is 1.94. The van der Waals surface area contributed by atoms with Crippen LogP contribution in [0.4, 0.5) is 0 Å². The van der Waals surface area contributed by atoms with Crippen molar-refractivity contribution in [3.05, 3.63) is 53.6 Å². The fourth-order valence-corrected chi connectivity index (χ4v) is 2.96. The van der Waals surface area contributed by atoms with E-state index in [0.29, 0.717) is 5.75 Å². The summed E-state index contributed by atoms with van der Waals surface area (Å²) in [5, 5.41) is 9.66. The summed E-state index contributed by atoms with van der Waals surface area (Å²) >= 11 is 0. The van der Waals surface area contributed by atoms with Crippen LogP contribution in [-0.4, -0.2) is 5.11 Å². The first-order valence-corrected chi connectivity index (χ1v) is 7.10. The predicted octanol–water partition coefficient (Wildman–Crippen LogP) is 5.11. The lowest BCUT2D eigenvalue weighted by Gasteiger charge is -2.25. The molecule has 1 N–H and O–H groups in total. The molecule has 19 heavy (non-hydrogen) atoms. The Morgan fingerprint density at radius 1 is 0.947 bits per heavy atom. The fourth-order valence-electron chi connectivity index (χ4n) is 2.96. The number of hydrogen-bond acceptors (Lipinski definition) is 1. The third-order valence-electron chi connectivity index (χ3n) is 4.12. The lowest BCUT2D eigenvalue weighted by molar-refractivity contribution is 0.474. The highest BCUT2D eigenvalue weighted by atomic mass is 16.3. The van der Waals surface area contributed by atoms with Crippen molar-refractivity contribution in [2.45, 2.75) is 39.5 Å². The van der Waals surface area contributed by atoms with Crippen LogP contribution in [0.1, 0.15) is 45.2 Å². The molecule has 100 valence electrons. The molecule has 3 rings (SSSR count). The highest BCUT2D eigenvalue weighted by Gasteiger charge is 2.37. The molecule has 0 spiro atoms. The Balaban J connectivity index is 0.000000637. The van der Waals surface area contributed by atoms with Crippen molar-refractivity contribution in [2.75, 3.05) is 0 Å². The van der Waals surface area contributed by atoms with Crippen molar-refractivity contribution in [2.24, 2.45) is 0 Å². The first-order valence-electron chi connectivity index (χ1n) is 7.10. The quantitative estimate of drug-likeness (QED) is 0.749. The van der Waals surface area contributed by atoms with Gasteiger partial charge in [0.2, 0.25) is 0 Å². The minimum Gasteiger partial charge on any atom is -0.508 e. The van der Waals surface area contributed by atoms with E-state index in [9.17, 15) is 5.11 Å². The summed E-state index contributed by atoms with van der Waals surface area (Å²) in [4.78, 5) is 0. The van der Waals surface area contributed by atoms with Crippen LogP contribution in [0, 0.1) is 0 Å². The summed E-state index contributed by atoms with van der Waals surface area (Å²) in [5.74, 6) is 0.346. The molecule has 0 aliphatic heterocycles. The van der Waals surface area contributed by atoms with Crippen molar-refractivity contribution in [1.82, 2.24) is 0 Å². The van der Waals surface area contributed by atoms with Gasteiger partial charge in [0, 0.05) is 5.41 Å². The number of fused-ring (bicyclic) bond motifs is 3. The minimum atomic E-state index is 0.0830. The lowest BCUT2D eigenvalue weighted by Crippen LogP contribution is -2.18. The summed E-state index contributed by atoms with van der Waals surface area (Å²) in [6.45, 7) is 8.51. The summed E-state index contributed by atoms with van der Waals surface area (Å²) in [5.41, 5.74) is 5.24. The van der Waals surface area contributed by atoms with E-state index in [1.54, 1.807) is 6.07 Å². The number of phenols is 1. The van der Waals surface area contributed by atoms with E-state index >= 15 is 0 Å². The summed E-state index contributed by atoms with van der Waals surface area (Å²) < 4.78 is 0. The molecule has 1 aliphatic rings. The van der Waals surface area contributed by atoms with E-state index in [1.165, 1.54) is 22.3 Å². The molecule has 2 aromatic rings. The van der Waals surface area contributed by atoms with Crippen molar-refractivity contribution in [1.29, 1.82) is 0 Å². The zero-order valence-corrected chi connectivity index (χ0v) is 12.2. The third-order valence-corrected chi connectivity index (χ3v) is 4.12. The van der Waals surface area contributed by atoms with Gasteiger partial charge < -0.3 is 5.11 Å². The van der Waals surface area contributed by atoms with Gasteiger partial charge in [-0.15, -0.1) is 0 Å². The molecule has 1 nitrogen and oxygen atoms in total. The van der Waals surface area contributed by atoms with Gasteiger partial charge in [0.25, 0.3) is 0 Å². The van der Waals surface area contributed by atoms with Crippen molar-refractivity contribution in [3.8, 4) is 16.9 Å². The number of hydrogen-bond donors (Lipinski definition) is 1. The average molecular weight is 254 g/mol. The van der Waals surface area contributed by atoms with Crippen LogP contribution in [0.3, 0.4) is 0 Å². The van der Waals surface area contributed by atoms with Gasteiger partial charge >= 0.3 is 0 Å². The van der Waals surface area contributed by atoms with E-state index in [2.05, 4.69) is 44.2 Å². The summed E-state index contributed by atoms with van der Waals surface area (Å²) in [6, 6.07) is 14.2. The second kappa shape index (κ2) is 5.08. The zero-order valence-electron chi connectivity index (χ0n) is 12.2. The molecule has 0 heterocycles. The van der Waals surface area contributed by atoms with Gasteiger partial charge in [0.1, 0.15) is 5.75 Å². The van der Waals surface area contributed by atoms with Crippen LogP contribution in [0.2, 0.25) is 0 Å². The smallest absolute Gasteiger partial charge is 0.116 e. The number of rotatable bonds is 1. The first-order chi connectivity index (χ1) is 9.16. The van der Waals surface area contributed by atoms with E-state index in [0.717, 1.165) is 6.42 Å². The van der Waals surface area contributed by atoms with E-state index < -0.39 is 0 Å². The van der Waals surface area contributed by atoms with Crippen molar-refractivity contribution in [3.63, 3.8) is 0 Å². The molecule has 1 atom stereocenters. The molecule has 0 aromatic heterocycles. The molecule has 0 bridgehead atoms. The Kier molecular flexibility index (Phi) is 3.66. The molecule has 2 aromatic carbocycles. The Morgan fingerprint density at radius 2 is 1.58 bits per heavy atom. The molecule has 1 heteroatoms. The Hall–Kier alpha value is -1.76. The van der Waals surface area contributed by atoms with Gasteiger partial charge in [0.15, 0.2) is 0 Å². The van der Waals surface area contributed by atoms with Gasteiger partial charge in [-0.3, -0.25) is 0 Å². The number of aromatic hydroxyl groups is 1. The fraction of sp³-hybridized carbons (Fsp3) is 0.333. The van der Waals surface area contributed by atoms with Crippen LogP contribution in [0.5, 0.6) is 5.75 Å². The minimum absolute atomic E-state index is 0.0830. The lowest BCUT2D eigenvalue weighted by atomic mass is 9.78.